The Morgan fingerprint density at radius 2 is 1.92 bits per heavy atom. The van der Waals surface area contributed by atoms with Crippen LogP contribution in [0.15, 0.2) is 57.8 Å². The lowest BCUT2D eigenvalue weighted by Crippen LogP contribution is -2.32. The van der Waals surface area contributed by atoms with Crippen molar-refractivity contribution in [3.63, 3.8) is 0 Å². The van der Waals surface area contributed by atoms with Crippen LogP contribution in [-0.4, -0.2) is 29.8 Å². The number of nitrogens with one attached hydrogen (secondary N) is 1. The molecule has 6 heteroatoms. The molecule has 0 saturated carbocycles. The number of rotatable bonds is 7. The van der Waals surface area contributed by atoms with E-state index in [9.17, 15) is 4.79 Å². The fourth-order valence-electron chi connectivity index (χ4n) is 2.98. The SMILES string of the molecule is CC[C@@H](NCCOC)c1nc2ccccc2c(=O)n1-c1ccc(Br)cc1. The molecule has 1 N–H and O–H groups in total. The van der Waals surface area contributed by atoms with Gasteiger partial charge < -0.3 is 10.1 Å². The monoisotopic (exact) mass is 415 g/mol. The van der Waals surface area contributed by atoms with Crippen molar-refractivity contribution in [2.75, 3.05) is 20.3 Å². The van der Waals surface area contributed by atoms with E-state index < -0.39 is 0 Å². The highest BCUT2D eigenvalue weighted by Crippen LogP contribution is 2.21. The van der Waals surface area contributed by atoms with Gasteiger partial charge in [-0.2, -0.15) is 0 Å². The van der Waals surface area contributed by atoms with E-state index in [1.807, 2.05) is 48.5 Å². The Morgan fingerprint density at radius 1 is 1.19 bits per heavy atom. The second-order valence-electron chi connectivity index (χ2n) is 6.01. The lowest BCUT2D eigenvalue weighted by Gasteiger charge is -2.21. The van der Waals surface area contributed by atoms with Crippen LogP contribution in [0.5, 0.6) is 0 Å². The van der Waals surface area contributed by atoms with Crippen LogP contribution in [0.4, 0.5) is 0 Å². The molecule has 0 bridgehead atoms. The van der Waals surface area contributed by atoms with E-state index >= 15 is 0 Å². The number of hydrogen-bond acceptors (Lipinski definition) is 4. The van der Waals surface area contributed by atoms with E-state index in [0.717, 1.165) is 22.4 Å². The van der Waals surface area contributed by atoms with E-state index in [2.05, 4.69) is 28.2 Å². The van der Waals surface area contributed by atoms with Crippen molar-refractivity contribution in [2.45, 2.75) is 19.4 Å². The van der Waals surface area contributed by atoms with Crippen LogP contribution in [0.25, 0.3) is 16.6 Å². The van der Waals surface area contributed by atoms with Crippen LogP contribution in [0, 0.1) is 0 Å². The first-order chi connectivity index (χ1) is 12.7. The summed E-state index contributed by atoms with van der Waals surface area (Å²) in [7, 11) is 1.68. The molecule has 0 amide bonds. The number of fused-ring (bicyclic) bond motifs is 1. The zero-order valence-electron chi connectivity index (χ0n) is 14.9. The molecule has 2 aromatic carbocycles. The van der Waals surface area contributed by atoms with Gasteiger partial charge in [-0.3, -0.25) is 9.36 Å². The van der Waals surface area contributed by atoms with Gasteiger partial charge in [0.15, 0.2) is 0 Å². The van der Waals surface area contributed by atoms with E-state index in [1.54, 1.807) is 11.7 Å². The topological polar surface area (TPSA) is 56.1 Å². The second kappa shape index (κ2) is 8.58. The average molecular weight is 416 g/mol. The lowest BCUT2D eigenvalue weighted by molar-refractivity contribution is 0.194. The Morgan fingerprint density at radius 3 is 2.62 bits per heavy atom. The first-order valence-corrected chi connectivity index (χ1v) is 9.45. The van der Waals surface area contributed by atoms with E-state index in [0.29, 0.717) is 24.1 Å². The Labute approximate surface area is 161 Å². The number of methoxy groups -OCH3 is 1. The Hall–Kier alpha value is -2.02. The van der Waals surface area contributed by atoms with Crippen molar-refractivity contribution >= 4 is 26.8 Å². The molecule has 0 saturated heterocycles. The van der Waals surface area contributed by atoms with Crippen LogP contribution in [-0.2, 0) is 4.74 Å². The molecule has 3 aromatic rings. The van der Waals surface area contributed by atoms with Crippen LogP contribution in [0.3, 0.4) is 0 Å². The number of aromatic nitrogens is 2. The van der Waals surface area contributed by atoms with Crippen molar-refractivity contribution < 1.29 is 4.74 Å². The normalized spacial score (nSPS) is 12.4. The molecule has 136 valence electrons. The van der Waals surface area contributed by atoms with Crippen LogP contribution in [0.2, 0.25) is 0 Å². The number of hydrogen-bond donors (Lipinski definition) is 1. The van der Waals surface area contributed by atoms with Gasteiger partial charge in [0, 0.05) is 18.1 Å². The fraction of sp³-hybridized carbons (Fsp3) is 0.300. The van der Waals surface area contributed by atoms with Gasteiger partial charge in [0.25, 0.3) is 5.56 Å². The molecular weight excluding hydrogens is 394 g/mol. The zero-order chi connectivity index (χ0) is 18.5. The minimum Gasteiger partial charge on any atom is -0.383 e. The first-order valence-electron chi connectivity index (χ1n) is 8.65. The first kappa shape index (κ1) is 18.8. The molecule has 0 radical (unpaired) electrons. The highest BCUT2D eigenvalue weighted by Gasteiger charge is 2.19. The van der Waals surface area contributed by atoms with Crippen molar-refractivity contribution in [3.05, 3.63) is 69.2 Å². The molecule has 0 aliphatic carbocycles. The molecule has 1 heterocycles. The molecule has 0 fully saturated rings. The predicted octanol–water partition coefficient (Wildman–Crippen LogP) is 3.84. The smallest absolute Gasteiger partial charge is 0.266 e. The summed E-state index contributed by atoms with van der Waals surface area (Å²) < 4.78 is 7.82. The van der Waals surface area contributed by atoms with Crippen molar-refractivity contribution in [1.29, 1.82) is 0 Å². The predicted molar refractivity (Wildman–Crippen MR) is 108 cm³/mol. The van der Waals surface area contributed by atoms with Gasteiger partial charge >= 0.3 is 0 Å². The summed E-state index contributed by atoms with van der Waals surface area (Å²) in [5.74, 6) is 0.717. The maximum atomic E-state index is 13.2. The maximum Gasteiger partial charge on any atom is 0.266 e. The number of nitrogens with zero attached hydrogens (tertiary/aromatic N) is 2. The highest BCUT2D eigenvalue weighted by atomic mass is 79.9. The summed E-state index contributed by atoms with van der Waals surface area (Å²) in [5.41, 5.74) is 1.46. The van der Waals surface area contributed by atoms with Crippen molar-refractivity contribution in [1.82, 2.24) is 14.9 Å². The quantitative estimate of drug-likeness (QED) is 0.595. The van der Waals surface area contributed by atoms with Gasteiger partial charge in [-0.05, 0) is 42.8 Å². The molecule has 3 rings (SSSR count). The third-order valence-electron chi connectivity index (χ3n) is 4.30. The van der Waals surface area contributed by atoms with E-state index in [4.69, 9.17) is 9.72 Å². The standard InChI is InChI=1S/C20H22BrN3O2/c1-3-17(22-12-13-26-2)19-23-18-7-5-4-6-16(18)20(25)24(19)15-10-8-14(21)9-11-15/h4-11,17,22H,3,12-13H2,1-2H3/t17-/m1/s1. The third kappa shape index (κ3) is 3.87. The molecule has 0 aliphatic heterocycles. The molecule has 0 unspecified atom stereocenters. The molecule has 1 atom stereocenters. The summed E-state index contributed by atoms with van der Waals surface area (Å²) in [6, 6.07) is 15.1. The summed E-state index contributed by atoms with van der Waals surface area (Å²) in [6.45, 7) is 3.38. The maximum absolute atomic E-state index is 13.2. The van der Waals surface area contributed by atoms with Crippen molar-refractivity contribution in [3.8, 4) is 5.69 Å². The van der Waals surface area contributed by atoms with Gasteiger partial charge in [-0.1, -0.05) is 35.0 Å². The minimum absolute atomic E-state index is 0.0499. The Kier molecular flexibility index (Phi) is 6.19. The summed E-state index contributed by atoms with van der Waals surface area (Å²) >= 11 is 3.45. The van der Waals surface area contributed by atoms with Crippen LogP contribution in [0.1, 0.15) is 25.2 Å². The number of ether oxygens (including phenoxy) is 1. The minimum atomic E-state index is -0.0556. The Balaban J connectivity index is 2.20. The molecule has 5 nitrogen and oxygen atoms in total. The van der Waals surface area contributed by atoms with Gasteiger partial charge in [0.05, 0.1) is 29.2 Å². The summed E-state index contributed by atoms with van der Waals surface area (Å²) in [5, 5.41) is 4.06. The second-order valence-corrected chi connectivity index (χ2v) is 6.93. The number of halogens is 1. The number of para-hydroxylation sites is 1. The van der Waals surface area contributed by atoms with Gasteiger partial charge in [-0.15, -0.1) is 0 Å². The van der Waals surface area contributed by atoms with Gasteiger partial charge in [0.1, 0.15) is 5.82 Å². The molecular formula is C20H22BrN3O2. The average Bonchev–Trinajstić information content (AvgIpc) is 2.66. The molecule has 0 spiro atoms. The van der Waals surface area contributed by atoms with Crippen LogP contribution >= 0.6 is 15.9 Å². The van der Waals surface area contributed by atoms with Crippen LogP contribution < -0.4 is 10.9 Å². The molecule has 0 aliphatic rings. The van der Waals surface area contributed by atoms with Gasteiger partial charge in [-0.25, -0.2) is 4.98 Å². The molecule has 1 aromatic heterocycles. The highest BCUT2D eigenvalue weighted by molar-refractivity contribution is 9.10. The van der Waals surface area contributed by atoms with E-state index in [-0.39, 0.29) is 11.6 Å². The lowest BCUT2D eigenvalue weighted by atomic mass is 10.1. The molecule has 26 heavy (non-hydrogen) atoms. The van der Waals surface area contributed by atoms with Gasteiger partial charge in [0.2, 0.25) is 0 Å². The summed E-state index contributed by atoms with van der Waals surface area (Å²) in [6.07, 6.45) is 0.811. The Bertz CT molecular complexity index is 938. The van der Waals surface area contributed by atoms with Crippen molar-refractivity contribution in [2.24, 2.45) is 0 Å². The third-order valence-corrected chi connectivity index (χ3v) is 4.83. The zero-order valence-corrected chi connectivity index (χ0v) is 16.5. The summed E-state index contributed by atoms with van der Waals surface area (Å²) in [4.78, 5) is 18.1. The fourth-order valence-corrected chi connectivity index (χ4v) is 3.24. The number of benzene rings is 2. The van der Waals surface area contributed by atoms with E-state index in [1.165, 1.54) is 0 Å². The largest absolute Gasteiger partial charge is 0.383 e.